The molecule has 3 nitrogen and oxygen atoms in total. The Morgan fingerprint density at radius 1 is 1.58 bits per heavy atom. The maximum absolute atomic E-state index is 8.64. The molecule has 1 fully saturated rings. The smallest absolute Gasteiger partial charge is 0.0556 e. The van der Waals surface area contributed by atoms with Gasteiger partial charge in [0.1, 0.15) is 0 Å². The lowest BCUT2D eigenvalue weighted by molar-refractivity contribution is 0.163. The fourth-order valence-corrected chi connectivity index (χ4v) is 1.74. The number of rotatable bonds is 3. The third-order valence-corrected chi connectivity index (χ3v) is 2.75. The van der Waals surface area contributed by atoms with Crippen LogP contribution < -0.4 is 5.32 Å². The van der Waals surface area contributed by atoms with Crippen LogP contribution >= 0.6 is 0 Å². The summed E-state index contributed by atoms with van der Waals surface area (Å²) < 4.78 is 0. The largest absolute Gasteiger partial charge is 0.395 e. The minimum Gasteiger partial charge on any atom is -0.395 e. The predicted octanol–water partition coefficient (Wildman–Crippen LogP) is 0.0510. The first-order chi connectivity index (χ1) is 5.74. The second-order valence-corrected chi connectivity index (χ2v) is 3.73. The van der Waals surface area contributed by atoms with Crippen LogP contribution in [0.15, 0.2) is 0 Å². The lowest BCUT2D eigenvalue weighted by Crippen LogP contribution is -2.46. The Morgan fingerprint density at radius 2 is 2.33 bits per heavy atom. The van der Waals surface area contributed by atoms with E-state index in [0.29, 0.717) is 12.1 Å². The van der Waals surface area contributed by atoms with E-state index in [-0.39, 0.29) is 6.61 Å². The molecule has 0 aromatic rings. The molecule has 1 aliphatic rings. The molecule has 0 aliphatic carbocycles. The van der Waals surface area contributed by atoms with E-state index < -0.39 is 0 Å². The van der Waals surface area contributed by atoms with Crippen molar-refractivity contribution in [1.82, 2.24) is 10.2 Å². The number of piperidine rings is 1. The molecule has 0 saturated carbocycles. The Labute approximate surface area is 74.8 Å². The molecule has 2 unspecified atom stereocenters. The van der Waals surface area contributed by atoms with E-state index in [1.54, 1.807) is 0 Å². The van der Waals surface area contributed by atoms with Crippen LogP contribution in [-0.4, -0.2) is 48.8 Å². The molecule has 72 valence electrons. The highest BCUT2D eigenvalue weighted by Gasteiger charge is 2.21. The van der Waals surface area contributed by atoms with Gasteiger partial charge in [-0.3, -0.25) is 0 Å². The summed E-state index contributed by atoms with van der Waals surface area (Å²) in [6.07, 6.45) is 2.41. The summed E-state index contributed by atoms with van der Waals surface area (Å²) in [5, 5.41) is 12.0. The van der Waals surface area contributed by atoms with Gasteiger partial charge < -0.3 is 15.3 Å². The number of likely N-dealkylation sites (tertiary alicyclic amines) is 1. The summed E-state index contributed by atoms with van der Waals surface area (Å²) in [6, 6.07) is 1.29. The summed E-state index contributed by atoms with van der Waals surface area (Å²) in [6.45, 7) is 4.42. The molecule has 2 atom stereocenters. The van der Waals surface area contributed by atoms with Gasteiger partial charge in [-0.15, -0.1) is 0 Å². The van der Waals surface area contributed by atoms with E-state index in [0.717, 1.165) is 6.54 Å². The minimum absolute atomic E-state index is 0.251. The van der Waals surface area contributed by atoms with E-state index in [9.17, 15) is 0 Å². The third kappa shape index (κ3) is 2.73. The van der Waals surface area contributed by atoms with Crippen molar-refractivity contribution in [3.05, 3.63) is 0 Å². The van der Waals surface area contributed by atoms with Gasteiger partial charge in [-0.1, -0.05) is 0 Å². The zero-order chi connectivity index (χ0) is 8.97. The molecule has 3 heteroatoms. The number of aliphatic hydroxyl groups is 1. The third-order valence-electron chi connectivity index (χ3n) is 2.75. The highest BCUT2D eigenvalue weighted by Crippen LogP contribution is 2.14. The number of nitrogens with one attached hydrogen (secondary N) is 1. The van der Waals surface area contributed by atoms with Crippen LogP contribution in [0.25, 0.3) is 0 Å². The van der Waals surface area contributed by atoms with Crippen molar-refractivity contribution in [3.63, 3.8) is 0 Å². The van der Waals surface area contributed by atoms with Crippen molar-refractivity contribution in [2.45, 2.75) is 31.8 Å². The summed E-state index contributed by atoms with van der Waals surface area (Å²) in [5.41, 5.74) is 0. The van der Waals surface area contributed by atoms with E-state index in [4.69, 9.17) is 5.11 Å². The fraction of sp³-hybridized carbons (Fsp3) is 1.00. The molecular formula is C9H20N2O. The zero-order valence-electron chi connectivity index (χ0n) is 8.08. The molecular weight excluding hydrogens is 152 g/mol. The van der Waals surface area contributed by atoms with Crippen LogP contribution in [0.3, 0.4) is 0 Å². The van der Waals surface area contributed by atoms with Crippen molar-refractivity contribution in [2.24, 2.45) is 0 Å². The first kappa shape index (κ1) is 9.96. The molecule has 1 rings (SSSR count). The quantitative estimate of drug-likeness (QED) is 0.631. The van der Waals surface area contributed by atoms with Crippen molar-refractivity contribution < 1.29 is 5.11 Å². The number of hydrogen-bond acceptors (Lipinski definition) is 3. The molecule has 12 heavy (non-hydrogen) atoms. The van der Waals surface area contributed by atoms with E-state index >= 15 is 0 Å². The normalized spacial score (nSPS) is 32.2. The zero-order valence-corrected chi connectivity index (χ0v) is 8.08. The summed E-state index contributed by atoms with van der Waals surface area (Å²) in [5.74, 6) is 0. The van der Waals surface area contributed by atoms with Crippen molar-refractivity contribution in [1.29, 1.82) is 0 Å². The van der Waals surface area contributed by atoms with Crippen LogP contribution in [0.4, 0.5) is 0 Å². The highest BCUT2D eigenvalue weighted by molar-refractivity contribution is 4.80. The Bertz CT molecular complexity index is 128. The van der Waals surface area contributed by atoms with Gasteiger partial charge in [0, 0.05) is 18.6 Å². The maximum atomic E-state index is 8.64. The second kappa shape index (κ2) is 4.80. The van der Waals surface area contributed by atoms with Crippen molar-refractivity contribution in [2.75, 3.05) is 26.7 Å². The van der Waals surface area contributed by atoms with E-state index in [1.807, 2.05) is 0 Å². The predicted molar refractivity (Wildman–Crippen MR) is 50.2 cm³/mol. The van der Waals surface area contributed by atoms with Crippen LogP contribution in [0.2, 0.25) is 0 Å². The number of aliphatic hydroxyl groups excluding tert-OH is 1. The minimum atomic E-state index is 0.251. The van der Waals surface area contributed by atoms with Gasteiger partial charge in [-0.2, -0.15) is 0 Å². The van der Waals surface area contributed by atoms with Gasteiger partial charge in [0.2, 0.25) is 0 Å². The van der Waals surface area contributed by atoms with E-state index in [2.05, 4.69) is 24.2 Å². The summed E-state index contributed by atoms with van der Waals surface area (Å²) >= 11 is 0. The first-order valence-electron chi connectivity index (χ1n) is 4.78. The molecule has 0 aromatic heterocycles. The number of nitrogens with zero attached hydrogens (tertiary/aromatic N) is 1. The topological polar surface area (TPSA) is 35.5 Å². The first-order valence-corrected chi connectivity index (χ1v) is 4.78. The van der Waals surface area contributed by atoms with Gasteiger partial charge in [0.15, 0.2) is 0 Å². The monoisotopic (exact) mass is 172 g/mol. The Kier molecular flexibility index (Phi) is 3.98. The van der Waals surface area contributed by atoms with E-state index in [1.165, 1.54) is 19.4 Å². The second-order valence-electron chi connectivity index (χ2n) is 3.73. The van der Waals surface area contributed by atoms with Gasteiger partial charge >= 0.3 is 0 Å². The molecule has 0 spiro atoms. The van der Waals surface area contributed by atoms with Crippen molar-refractivity contribution >= 4 is 0 Å². The standard InChI is InChI=1S/C9H20N2O/c1-8-7-9(10-4-6-12)3-5-11(8)2/h8-10,12H,3-7H2,1-2H3. The van der Waals surface area contributed by atoms with Crippen LogP contribution in [0.1, 0.15) is 19.8 Å². The lowest BCUT2D eigenvalue weighted by Gasteiger charge is -2.35. The van der Waals surface area contributed by atoms with Crippen molar-refractivity contribution in [3.8, 4) is 0 Å². The van der Waals surface area contributed by atoms with Gasteiger partial charge in [-0.25, -0.2) is 0 Å². The molecule has 0 amide bonds. The summed E-state index contributed by atoms with van der Waals surface area (Å²) in [4.78, 5) is 2.39. The molecule has 2 N–H and O–H groups in total. The Morgan fingerprint density at radius 3 is 2.92 bits per heavy atom. The molecule has 0 aromatic carbocycles. The maximum Gasteiger partial charge on any atom is 0.0556 e. The SMILES string of the molecule is CC1CC(NCCO)CCN1C. The molecule has 1 heterocycles. The Hall–Kier alpha value is -0.120. The average Bonchev–Trinajstić information content (AvgIpc) is 2.07. The fourth-order valence-electron chi connectivity index (χ4n) is 1.74. The molecule has 1 aliphatic heterocycles. The van der Waals surface area contributed by atoms with Gasteiger partial charge in [0.25, 0.3) is 0 Å². The molecule has 1 saturated heterocycles. The average molecular weight is 172 g/mol. The van der Waals surface area contributed by atoms with Gasteiger partial charge in [0.05, 0.1) is 6.61 Å². The lowest BCUT2D eigenvalue weighted by atomic mass is 9.99. The van der Waals surface area contributed by atoms with Crippen LogP contribution in [0, 0.1) is 0 Å². The molecule has 0 bridgehead atoms. The number of hydrogen-bond donors (Lipinski definition) is 2. The Balaban J connectivity index is 2.21. The molecule has 0 radical (unpaired) electrons. The highest BCUT2D eigenvalue weighted by atomic mass is 16.3. The van der Waals surface area contributed by atoms with Crippen LogP contribution in [0.5, 0.6) is 0 Å². The summed E-state index contributed by atoms with van der Waals surface area (Å²) in [7, 11) is 2.17. The van der Waals surface area contributed by atoms with Gasteiger partial charge in [-0.05, 0) is 33.4 Å². The van der Waals surface area contributed by atoms with Crippen LogP contribution in [-0.2, 0) is 0 Å².